The van der Waals surface area contributed by atoms with Crippen molar-refractivity contribution in [2.24, 2.45) is 4.99 Å². The van der Waals surface area contributed by atoms with Gasteiger partial charge in [-0.25, -0.2) is 4.99 Å². The molecule has 1 heterocycles. The number of rotatable bonds is 7. The minimum atomic E-state index is -0.584. The van der Waals surface area contributed by atoms with Crippen LogP contribution in [0.5, 0.6) is 0 Å². The first-order valence-electron chi connectivity index (χ1n) is 10.7. The molecular formula is C26H26Cl2IN3O2S. The SMILES string of the molecule is C=CN=C(/C=C(\C)I)n1ccc2cc(N(CC(=O)OC(C)(C)C)Sc3cc(Cl)cc(Cl)c3)ccc21. The third-order valence-corrected chi connectivity index (χ3v) is 6.26. The highest BCUT2D eigenvalue weighted by Crippen LogP contribution is 2.34. The maximum absolute atomic E-state index is 12.7. The van der Waals surface area contributed by atoms with Gasteiger partial charge in [-0.15, -0.1) is 0 Å². The topological polar surface area (TPSA) is 46.8 Å². The Morgan fingerprint density at radius 2 is 1.89 bits per heavy atom. The van der Waals surface area contributed by atoms with Gasteiger partial charge in [0, 0.05) is 38.4 Å². The van der Waals surface area contributed by atoms with E-state index in [1.165, 1.54) is 18.1 Å². The predicted molar refractivity (Wildman–Crippen MR) is 158 cm³/mol. The van der Waals surface area contributed by atoms with Crippen molar-refractivity contribution in [3.8, 4) is 0 Å². The molecule has 0 bridgehead atoms. The van der Waals surface area contributed by atoms with Crippen molar-refractivity contribution in [1.82, 2.24) is 4.57 Å². The summed E-state index contributed by atoms with van der Waals surface area (Å²) in [7, 11) is 0. The summed E-state index contributed by atoms with van der Waals surface area (Å²) in [5.74, 6) is 0.432. The molecule has 0 amide bonds. The number of ether oxygens (including phenoxy) is 1. The van der Waals surface area contributed by atoms with Crippen LogP contribution >= 0.6 is 57.7 Å². The molecule has 184 valence electrons. The van der Waals surface area contributed by atoms with Crippen LogP contribution in [-0.4, -0.2) is 28.5 Å². The van der Waals surface area contributed by atoms with Crippen LogP contribution in [0.4, 0.5) is 5.69 Å². The molecule has 0 aliphatic heterocycles. The van der Waals surface area contributed by atoms with E-state index in [1.807, 2.05) is 85.2 Å². The highest BCUT2D eigenvalue weighted by Gasteiger charge is 2.21. The number of anilines is 1. The van der Waals surface area contributed by atoms with E-state index in [1.54, 1.807) is 6.07 Å². The van der Waals surface area contributed by atoms with Crippen molar-refractivity contribution in [2.45, 2.75) is 38.2 Å². The largest absolute Gasteiger partial charge is 0.459 e. The molecule has 3 aromatic rings. The van der Waals surface area contributed by atoms with Gasteiger partial charge in [0.25, 0.3) is 0 Å². The minimum absolute atomic E-state index is 0.0399. The van der Waals surface area contributed by atoms with Gasteiger partial charge in [0.05, 0.1) is 5.52 Å². The lowest BCUT2D eigenvalue weighted by Gasteiger charge is -2.26. The Balaban J connectivity index is 2.01. The van der Waals surface area contributed by atoms with Gasteiger partial charge < -0.3 is 13.6 Å². The summed E-state index contributed by atoms with van der Waals surface area (Å²) in [6, 6.07) is 13.3. The second-order valence-electron chi connectivity index (χ2n) is 8.65. The van der Waals surface area contributed by atoms with E-state index in [0.29, 0.717) is 10.0 Å². The summed E-state index contributed by atoms with van der Waals surface area (Å²) in [4.78, 5) is 18.0. The molecule has 1 aromatic heterocycles. The first-order chi connectivity index (χ1) is 16.4. The molecule has 2 aromatic carbocycles. The minimum Gasteiger partial charge on any atom is -0.459 e. The zero-order valence-corrected chi connectivity index (χ0v) is 24.4. The van der Waals surface area contributed by atoms with Crippen LogP contribution in [0.15, 0.2) is 81.0 Å². The van der Waals surface area contributed by atoms with Gasteiger partial charge in [0.15, 0.2) is 0 Å². The Labute approximate surface area is 234 Å². The summed E-state index contributed by atoms with van der Waals surface area (Å²) in [5, 5.41) is 2.05. The third kappa shape index (κ3) is 8.03. The Bertz CT molecular complexity index is 1290. The molecule has 0 aliphatic rings. The standard InChI is InChI=1S/C26H26Cl2IN3O2S/c1-6-30-24(11-17(2)29)31-10-9-18-12-21(7-8-23(18)31)32(16-25(33)34-26(3,4)5)35-22-14-19(27)13-20(28)15-22/h6-15H,1,16H2,2-5H3/b17-11+,30-24?. The zero-order valence-electron chi connectivity index (χ0n) is 19.9. The predicted octanol–water partition coefficient (Wildman–Crippen LogP) is 8.53. The maximum Gasteiger partial charge on any atom is 0.327 e. The number of nitrogens with zero attached hydrogens (tertiary/aromatic N) is 3. The van der Waals surface area contributed by atoms with E-state index in [9.17, 15) is 4.79 Å². The van der Waals surface area contributed by atoms with Crippen molar-refractivity contribution in [2.75, 3.05) is 10.8 Å². The van der Waals surface area contributed by atoms with Crippen LogP contribution in [-0.2, 0) is 9.53 Å². The number of carbonyl (C=O) groups is 1. The zero-order chi connectivity index (χ0) is 25.8. The fourth-order valence-electron chi connectivity index (χ4n) is 3.30. The van der Waals surface area contributed by atoms with Gasteiger partial charge in [-0.05, 0) is 114 Å². The Hall–Kier alpha value is -1.94. The molecule has 35 heavy (non-hydrogen) atoms. The van der Waals surface area contributed by atoms with E-state index >= 15 is 0 Å². The van der Waals surface area contributed by atoms with Gasteiger partial charge in [-0.2, -0.15) is 0 Å². The second kappa shape index (κ2) is 11.9. The summed E-state index contributed by atoms with van der Waals surface area (Å²) >= 11 is 16.0. The van der Waals surface area contributed by atoms with E-state index in [2.05, 4.69) is 34.2 Å². The van der Waals surface area contributed by atoms with Crippen LogP contribution < -0.4 is 4.31 Å². The molecule has 0 radical (unpaired) electrons. The van der Waals surface area contributed by atoms with Crippen LogP contribution in [0.2, 0.25) is 10.0 Å². The van der Waals surface area contributed by atoms with Gasteiger partial charge in [-0.1, -0.05) is 29.8 Å². The van der Waals surface area contributed by atoms with E-state index in [-0.39, 0.29) is 12.5 Å². The lowest BCUT2D eigenvalue weighted by Crippen LogP contribution is -2.31. The molecule has 0 fully saturated rings. The molecule has 0 spiro atoms. The molecular weight excluding hydrogens is 616 g/mol. The van der Waals surface area contributed by atoms with Crippen LogP contribution in [0.3, 0.4) is 0 Å². The first kappa shape index (κ1) is 27.6. The first-order valence-corrected chi connectivity index (χ1v) is 13.3. The van der Waals surface area contributed by atoms with E-state index < -0.39 is 5.60 Å². The number of allylic oxidation sites excluding steroid dienone is 2. The summed E-state index contributed by atoms with van der Waals surface area (Å²) in [5.41, 5.74) is 1.24. The summed E-state index contributed by atoms with van der Waals surface area (Å²) in [6.07, 6.45) is 5.49. The number of hydrogen-bond acceptors (Lipinski definition) is 5. The average molecular weight is 642 g/mol. The molecule has 0 atom stereocenters. The number of aromatic nitrogens is 1. The normalized spacial score (nSPS) is 12.7. The molecule has 0 unspecified atom stereocenters. The van der Waals surface area contributed by atoms with Gasteiger partial charge in [-0.3, -0.25) is 4.79 Å². The van der Waals surface area contributed by atoms with Gasteiger partial charge in [0.2, 0.25) is 0 Å². The lowest BCUT2D eigenvalue weighted by atomic mass is 10.2. The molecule has 0 aliphatic carbocycles. The third-order valence-electron chi connectivity index (χ3n) is 4.50. The van der Waals surface area contributed by atoms with Crippen molar-refractivity contribution in [3.05, 3.63) is 81.1 Å². The monoisotopic (exact) mass is 641 g/mol. The number of aliphatic imine (C=N–C) groups is 1. The van der Waals surface area contributed by atoms with Crippen LogP contribution in [0.1, 0.15) is 27.7 Å². The van der Waals surface area contributed by atoms with Crippen molar-refractivity contribution >= 4 is 86.1 Å². The number of benzene rings is 2. The lowest BCUT2D eigenvalue weighted by molar-refractivity contribution is -0.152. The summed E-state index contributed by atoms with van der Waals surface area (Å²) in [6.45, 7) is 11.3. The maximum atomic E-state index is 12.7. The van der Waals surface area contributed by atoms with E-state index in [4.69, 9.17) is 27.9 Å². The van der Waals surface area contributed by atoms with Gasteiger partial charge >= 0.3 is 5.97 Å². The van der Waals surface area contributed by atoms with Gasteiger partial charge in [0.1, 0.15) is 18.0 Å². The Morgan fingerprint density at radius 1 is 1.20 bits per heavy atom. The van der Waals surface area contributed by atoms with Crippen molar-refractivity contribution < 1.29 is 9.53 Å². The average Bonchev–Trinajstić information content (AvgIpc) is 3.13. The quantitative estimate of drug-likeness (QED) is 0.0853. The number of carbonyl (C=O) groups excluding carboxylic acids is 1. The van der Waals surface area contributed by atoms with Crippen LogP contribution in [0.25, 0.3) is 10.9 Å². The number of fused-ring (bicyclic) bond motifs is 1. The Morgan fingerprint density at radius 3 is 2.49 bits per heavy atom. The molecule has 5 nitrogen and oxygen atoms in total. The number of halogens is 3. The highest BCUT2D eigenvalue weighted by molar-refractivity contribution is 14.1. The van der Waals surface area contributed by atoms with Crippen molar-refractivity contribution in [1.29, 1.82) is 0 Å². The second-order valence-corrected chi connectivity index (χ2v) is 12.3. The van der Waals surface area contributed by atoms with E-state index in [0.717, 1.165) is 30.9 Å². The Kier molecular flexibility index (Phi) is 9.37. The molecule has 0 N–H and O–H groups in total. The molecule has 0 saturated carbocycles. The molecule has 9 heteroatoms. The number of hydrogen-bond donors (Lipinski definition) is 0. The fraction of sp³-hybridized carbons (Fsp3) is 0.231. The molecule has 0 saturated heterocycles. The van der Waals surface area contributed by atoms with Crippen molar-refractivity contribution in [3.63, 3.8) is 0 Å². The summed E-state index contributed by atoms with van der Waals surface area (Å²) < 4.78 is 10.6. The highest BCUT2D eigenvalue weighted by atomic mass is 127. The fourth-order valence-corrected chi connectivity index (χ4v) is 5.24. The smallest absolute Gasteiger partial charge is 0.327 e. The van der Waals surface area contributed by atoms with Crippen LogP contribution in [0, 0.1) is 0 Å². The number of esters is 1. The molecule has 3 rings (SSSR count).